The zero-order valence-corrected chi connectivity index (χ0v) is 7.34. The molecule has 1 radical (unpaired) electrons. The van der Waals surface area contributed by atoms with Crippen molar-refractivity contribution in [1.82, 2.24) is 0 Å². The lowest BCUT2D eigenvalue weighted by molar-refractivity contribution is -0.138. The summed E-state index contributed by atoms with van der Waals surface area (Å²) in [7, 11) is 1.20. The van der Waals surface area contributed by atoms with Crippen LogP contribution in [0.5, 0.6) is 0 Å². The van der Waals surface area contributed by atoms with Crippen LogP contribution in [0.3, 0.4) is 0 Å². The summed E-state index contributed by atoms with van der Waals surface area (Å²) in [6.45, 7) is 0. The second-order valence-corrected chi connectivity index (χ2v) is 2.69. The third kappa shape index (κ3) is 2.46. The Morgan fingerprint density at radius 2 is 1.71 bits per heavy atom. The minimum atomic E-state index is -4.37. The molecule has 14 heavy (non-hydrogen) atoms. The van der Waals surface area contributed by atoms with Gasteiger partial charge in [-0.05, 0) is 12.1 Å². The van der Waals surface area contributed by atoms with Crippen LogP contribution in [0.2, 0.25) is 0 Å². The van der Waals surface area contributed by atoms with E-state index >= 15 is 0 Å². The molecule has 5 heteroatoms. The highest BCUT2D eigenvalue weighted by Gasteiger charge is 2.30. The van der Waals surface area contributed by atoms with Crippen LogP contribution in [0.1, 0.15) is 17.4 Å². The summed E-state index contributed by atoms with van der Waals surface area (Å²) in [5.41, 5.74) is -0.593. The molecule has 1 rings (SSSR count). The van der Waals surface area contributed by atoms with Gasteiger partial charge < -0.3 is 4.74 Å². The van der Waals surface area contributed by atoms with Crippen LogP contribution in [0.25, 0.3) is 0 Å². The number of methoxy groups -OCH3 is 1. The number of ether oxygens (including phenoxy) is 1. The first-order chi connectivity index (χ1) is 6.45. The Morgan fingerprint density at radius 1 is 1.21 bits per heavy atom. The maximum absolute atomic E-state index is 12.1. The van der Waals surface area contributed by atoms with Gasteiger partial charge in [-0.3, -0.25) is 0 Å². The predicted octanol–water partition coefficient (Wildman–Crippen LogP) is 2.78. The first kappa shape index (κ1) is 11.0. The highest BCUT2D eigenvalue weighted by Crippen LogP contribution is 2.29. The van der Waals surface area contributed by atoms with E-state index in [2.05, 4.69) is 4.74 Å². The molecule has 0 saturated heterocycles. The number of rotatable bonds is 2. The molecule has 0 saturated carbocycles. The van der Waals surface area contributed by atoms with Crippen molar-refractivity contribution in [3.63, 3.8) is 0 Å². The van der Waals surface area contributed by atoms with E-state index in [0.29, 0.717) is 0 Å². The zero-order chi connectivity index (χ0) is 10.8. The molecule has 0 aliphatic heterocycles. The number of benzene rings is 1. The molecule has 0 aliphatic carbocycles. The summed E-state index contributed by atoms with van der Waals surface area (Å²) in [5, 5.41) is 11.0. The van der Waals surface area contributed by atoms with Crippen molar-refractivity contribution in [3.8, 4) is 0 Å². The van der Waals surface area contributed by atoms with Crippen LogP contribution in [0, 0.1) is 0 Å². The second kappa shape index (κ2) is 3.98. The predicted molar refractivity (Wildman–Crippen MR) is 41.9 cm³/mol. The van der Waals surface area contributed by atoms with Crippen molar-refractivity contribution in [2.45, 2.75) is 12.5 Å². The van der Waals surface area contributed by atoms with Crippen molar-refractivity contribution in [1.29, 1.82) is 0 Å². The Bertz CT molecular complexity index is 292. The van der Waals surface area contributed by atoms with Gasteiger partial charge in [-0.15, -0.1) is 0 Å². The van der Waals surface area contributed by atoms with Crippen molar-refractivity contribution >= 4 is 0 Å². The Labute approximate surface area is 78.9 Å². The topological polar surface area (TPSA) is 29.1 Å². The lowest BCUT2D eigenvalue weighted by atomic mass is 10.1. The summed E-state index contributed by atoms with van der Waals surface area (Å²) in [6, 6.07) is 3.95. The average molecular weight is 205 g/mol. The average Bonchev–Trinajstić information content (AvgIpc) is 2.15. The van der Waals surface area contributed by atoms with E-state index in [-0.39, 0.29) is 5.56 Å². The molecule has 1 aromatic carbocycles. The lowest BCUT2D eigenvalue weighted by Gasteiger charge is -2.09. The van der Waals surface area contributed by atoms with E-state index in [1.807, 2.05) is 0 Å². The van der Waals surface area contributed by atoms with Gasteiger partial charge in [0.15, 0.2) is 0 Å². The van der Waals surface area contributed by atoms with Gasteiger partial charge in [-0.1, -0.05) is 12.1 Å². The SMILES string of the molecule is COC([O])c1ccc(C(F)(F)F)cc1. The Morgan fingerprint density at radius 3 is 2.07 bits per heavy atom. The Balaban J connectivity index is 2.89. The van der Waals surface area contributed by atoms with Crippen LogP contribution in [-0.2, 0) is 16.0 Å². The van der Waals surface area contributed by atoms with Gasteiger partial charge in [0.05, 0.1) is 5.56 Å². The molecule has 77 valence electrons. The maximum Gasteiger partial charge on any atom is 0.416 e. The smallest absolute Gasteiger partial charge is 0.349 e. The minimum Gasteiger partial charge on any atom is -0.349 e. The molecular formula is C9H8F3O2. The van der Waals surface area contributed by atoms with Gasteiger partial charge >= 0.3 is 6.18 Å². The van der Waals surface area contributed by atoms with Gasteiger partial charge in [-0.25, -0.2) is 0 Å². The standard InChI is InChI=1S/C9H8F3O2/c1-14-8(13)6-2-4-7(5-3-6)9(10,11)12/h2-5,8H,1H3. The largest absolute Gasteiger partial charge is 0.416 e. The summed E-state index contributed by atoms with van der Waals surface area (Å²) >= 11 is 0. The molecule has 0 spiro atoms. The highest BCUT2D eigenvalue weighted by atomic mass is 19.4. The molecule has 1 aromatic rings. The monoisotopic (exact) mass is 205 g/mol. The molecular weight excluding hydrogens is 197 g/mol. The van der Waals surface area contributed by atoms with E-state index < -0.39 is 18.0 Å². The first-order valence-corrected chi connectivity index (χ1v) is 3.81. The number of hydrogen-bond donors (Lipinski definition) is 0. The summed E-state index contributed by atoms with van der Waals surface area (Å²) in [4.78, 5) is 0. The van der Waals surface area contributed by atoms with Gasteiger partial charge in [0.1, 0.15) is 0 Å². The normalized spacial score (nSPS) is 14.1. The molecule has 0 aromatic heterocycles. The molecule has 0 amide bonds. The van der Waals surface area contributed by atoms with Crippen LogP contribution in [0.4, 0.5) is 13.2 Å². The number of alkyl halides is 3. The van der Waals surface area contributed by atoms with Gasteiger partial charge in [0.2, 0.25) is 6.29 Å². The minimum absolute atomic E-state index is 0.181. The van der Waals surface area contributed by atoms with Crippen molar-refractivity contribution in [2.24, 2.45) is 0 Å². The quantitative estimate of drug-likeness (QED) is 0.682. The van der Waals surface area contributed by atoms with E-state index in [9.17, 15) is 18.3 Å². The van der Waals surface area contributed by atoms with E-state index in [4.69, 9.17) is 0 Å². The van der Waals surface area contributed by atoms with Crippen molar-refractivity contribution < 1.29 is 23.0 Å². The molecule has 0 aliphatic rings. The van der Waals surface area contributed by atoms with Crippen LogP contribution in [0.15, 0.2) is 24.3 Å². The summed E-state index contributed by atoms with van der Waals surface area (Å²) < 4.78 is 40.7. The van der Waals surface area contributed by atoms with E-state index in [1.165, 1.54) is 7.11 Å². The van der Waals surface area contributed by atoms with Gasteiger partial charge in [0, 0.05) is 12.7 Å². The first-order valence-electron chi connectivity index (χ1n) is 3.81. The number of halogens is 3. The van der Waals surface area contributed by atoms with E-state index in [0.717, 1.165) is 24.3 Å². The van der Waals surface area contributed by atoms with Gasteiger partial charge in [-0.2, -0.15) is 18.3 Å². The summed E-state index contributed by atoms with van der Waals surface area (Å²) in [6.07, 6.45) is -5.80. The third-order valence-corrected chi connectivity index (χ3v) is 1.72. The van der Waals surface area contributed by atoms with E-state index in [1.54, 1.807) is 0 Å². The fourth-order valence-corrected chi connectivity index (χ4v) is 0.965. The van der Waals surface area contributed by atoms with Crippen molar-refractivity contribution in [3.05, 3.63) is 35.4 Å². The molecule has 0 heterocycles. The summed E-state index contributed by atoms with van der Waals surface area (Å²) in [5.74, 6) is 0. The number of hydrogen-bond acceptors (Lipinski definition) is 1. The Kier molecular flexibility index (Phi) is 3.13. The molecule has 0 N–H and O–H groups in total. The lowest BCUT2D eigenvalue weighted by Crippen LogP contribution is -2.05. The third-order valence-electron chi connectivity index (χ3n) is 1.72. The fraction of sp³-hybridized carbons (Fsp3) is 0.333. The molecule has 0 fully saturated rings. The fourth-order valence-electron chi connectivity index (χ4n) is 0.965. The maximum atomic E-state index is 12.1. The molecule has 1 atom stereocenters. The molecule has 0 bridgehead atoms. The van der Waals surface area contributed by atoms with Crippen LogP contribution >= 0.6 is 0 Å². The molecule has 1 unspecified atom stereocenters. The van der Waals surface area contributed by atoms with Crippen LogP contribution < -0.4 is 0 Å². The Hall–Kier alpha value is -1.07. The molecule has 2 nitrogen and oxygen atoms in total. The zero-order valence-electron chi connectivity index (χ0n) is 7.34. The van der Waals surface area contributed by atoms with Crippen LogP contribution in [-0.4, -0.2) is 7.11 Å². The van der Waals surface area contributed by atoms with Gasteiger partial charge in [0.25, 0.3) is 0 Å². The van der Waals surface area contributed by atoms with Crippen molar-refractivity contribution in [2.75, 3.05) is 7.11 Å². The highest BCUT2D eigenvalue weighted by molar-refractivity contribution is 5.25. The second-order valence-electron chi connectivity index (χ2n) is 2.69.